The Morgan fingerprint density at radius 2 is 2.18 bits per heavy atom. The van der Waals surface area contributed by atoms with Crippen LogP contribution in [0.1, 0.15) is 26.2 Å². The van der Waals surface area contributed by atoms with Gasteiger partial charge in [0, 0.05) is 6.54 Å². The van der Waals surface area contributed by atoms with E-state index in [9.17, 15) is 9.59 Å². The number of carboxylic acid groups (broad SMARTS) is 1. The molecule has 0 heterocycles. The van der Waals surface area contributed by atoms with Crippen molar-refractivity contribution in [2.24, 2.45) is 11.8 Å². The van der Waals surface area contributed by atoms with Crippen molar-refractivity contribution in [3.63, 3.8) is 0 Å². The number of urea groups is 1. The van der Waals surface area contributed by atoms with Crippen molar-refractivity contribution in [3.8, 4) is 0 Å². The molecule has 17 heavy (non-hydrogen) atoms. The number of nitrogens with one attached hydrogen (secondary N) is 2. The summed E-state index contributed by atoms with van der Waals surface area (Å²) in [5, 5.41) is 13.9. The van der Waals surface area contributed by atoms with Gasteiger partial charge in [0.15, 0.2) is 0 Å². The molecule has 5 nitrogen and oxygen atoms in total. The third-order valence-electron chi connectivity index (χ3n) is 3.02. The first-order valence-corrected chi connectivity index (χ1v) is 5.92. The fraction of sp³-hybridized carbons (Fsp3) is 0.667. The Morgan fingerprint density at radius 3 is 2.65 bits per heavy atom. The minimum atomic E-state index is -1.05. The molecule has 0 bridgehead atoms. The second kappa shape index (κ2) is 6.27. The van der Waals surface area contributed by atoms with Gasteiger partial charge in [-0.15, -0.1) is 6.58 Å². The highest BCUT2D eigenvalue weighted by Gasteiger charge is 2.28. The summed E-state index contributed by atoms with van der Waals surface area (Å²) >= 11 is 0. The zero-order chi connectivity index (χ0) is 12.8. The number of amides is 2. The first kappa shape index (κ1) is 13.5. The first-order valence-electron chi connectivity index (χ1n) is 5.92. The molecular weight excluding hydrogens is 220 g/mol. The van der Waals surface area contributed by atoms with Crippen LogP contribution in [-0.4, -0.2) is 29.7 Å². The average molecular weight is 240 g/mol. The quantitative estimate of drug-likeness (QED) is 0.588. The lowest BCUT2D eigenvalue weighted by atomic mass is 10.1. The molecule has 2 amide bonds. The van der Waals surface area contributed by atoms with Crippen LogP contribution in [0.4, 0.5) is 4.79 Å². The number of carbonyl (C=O) groups excluding carboxylic acids is 1. The van der Waals surface area contributed by atoms with Crippen LogP contribution in [0, 0.1) is 11.8 Å². The fourth-order valence-electron chi connectivity index (χ4n) is 1.68. The molecule has 0 aromatic heterocycles. The summed E-state index contributed by atoms with van der Waals surface area (Å²) in [4.78, 5) is 22.3. The van der Waals surface area contributed by atoms with E-state index in [2.05, 4.69) is 24.1 Å². The zero-order valence-electron chi connectivity index (χ0n) is 10.1. The van der Waals surface area contributed by atoms with Gasteiger partial charge in [-0.3, -0.25) is 0 Å². The normalized spacial score (nSPS) is 17.9. The number of rotatable bonds is 7. The van der Waals surface area contributed by atoms with E-state index in [1.165, 1.54) is 18.9 Å². The molecule has 96 valence electrons. The van der Waals surface area contributed by atoms with Gasteiger partial charge in [-0.1, -0.05) is 13.0 Å². The molecule has 3 N–H and O–H groups in total. The van der Waals surface area contributed by atoms with E-state index in [1.807, 2.05) is 0 Å². The van der Waals surface area contributed by atoms with Gasteiger partial charge in [0.05, 0.1) is 0 Å². The molecule has 1 saturated carbocycles. The summed E-state index contributed by atoms with van der Waals surface area (Å²) in [5.74, 6) is 0.137. The molecule has 0 radical (unpaired) electrons. The predicted molar refractivity (Wildman–Crippen MR) is 64.7 cm³/mol. The van der Waals surface area contributed by atoms with E-state index in [1.54, 1.807) is 0 Å². The van der Waals surface area contributed by atoms with Crippen molar-refractivity contribution in [2.75, 3.05) is 6.54 Å². The maximum atomic E-state index is 11.5. The Balaban J connectivity index is 2.25. The van der Waals surface area contributed by atoms with Crippen molar-refractivity contribution in [2.45, 2.75) is 32.2 Å². The maximum Gasteiger partial charge on any atom is 0.326 e. The fourth-order valence-corrected chi connectivity index (χ4v) is 1.68. The van der Waals surface area contributed by atoms with Crippen LogP contribution in [0.5, 0.6) is 0 Å². The van der Waals surface area contributed by atoms with Gasteiger partial charge in [-0.2, -0.15) is 0 Å². The van der Waals surface area contributed by atoms with Crippen molar-refractivity contribution in [1.82, 2.24) is 10.6 Å². The van der Waals surface area contributed by atoms with Crippen LogP contribution in [0.25, 0.3) is 0 Å². The molecule has 0 aromatic rings. The molecule has 1 aliphatic carbocycles. The number of carbonyl (C=O) groups is 2. The van der Waals surface area contributed by atoms with Crippen LogP contribution in [0.3, 0.4) is 0 Å². The lowest BCUT2D eigenvalue weighted by Crippen LogP contribution is -2.46. The minimum absolute atomic E-state index is 0.223. The van der Waals surface area contributed by atoms with E-state index in [0.29, 0.717) is 12.5 Å². The van der Waals surface area contributed by atoms with E-state index in [-0.39, 0.29) is 6.42 Å². The van der Waals surface area contributed by atoms with Crippen LogP contribution in [-0.2, 0) is 4.79 Å². The van der Waals surface area contributed by atoms with Gasteiger partial charge in [0.2, 0.25) is 0 Å². The Morgan fingerprint density at radius 1 is 1.53 bits per heavy atom. The van der Waals surface area contributed by atoms with E-state index >= 15 is 0 Å². The smallest absolute Gasteiger partial charge is 0.326 e. The average Bonchev–Trinajstić information content (AvgIpc) is 3.08. The van der Waals surface area contributed by atoms with E-state index in [0.717, 1.165) is 5.92 Å². The van der Waals surface area contributed by atoms with Crippen LogP contribution >= 0.6 is 0 Å². The van der Waals surface area contributed by atoms with Gasteiger partial charge in [-0.25, -0.2) is 9.59 Å². The van der Waals surface area contributed by atoms with Gasteiger partial charge in [0.1, 0.15) is 6.04 Å². The van der Waals surface area contributed by atoms with Crippen LogP contribution in [0.15, 0.2) is 12.7 Å². The first-order chi connectivity index (χ1) is 8.04. The lowest BCUT2D eigenvalue weighted by Gasteiger charge is -2.15. The molecule has 0 spiro atoms. The minimum Gasteiger partial charge on any atom is -0.480 e. The number of hydrogen-bond donors (Lipinski definition) is 3. The Kier molecular flexibility index (Phi) is 5.00. The molecule has 2 unspecified atom stereocenters. The molecule has 0 aliphatic heterocycles. The summed E-state index contributed by atoms with van der Waals surface area (Å²) < 4.78 is 0. The van der Waals surface area contributed by atoms with Crippen molar-refractivity contribution in [1.29, 1.82) is 0 Å². The van der Waals surface area contributed by atoms with E-state index in [4.69, 9.17) is 5.11 Å². The van der Waals surface area contributed by atoms with Gasteiger partial charge >= 0.3 is 12.0 Å². The highest BCUT2D eigenvalue weighted by atomic mass is 16.4. The summed E-state index contributed by atoms with van der Waals surface area (Å²) in [5.41, 5.74) is 0. The SMILES string of the molecule is C=CCC(NC(=O)NCC(C)C1CC1)C(=O)O. The largest absolute Gasteiger partial charge is 0.480 e. The van der Waals surface area contributed by atoms with Gasteiger partial charge in [-0.05, 0) is 31.1 Å². The van der Waals surface area contributed by atoms with E-state index < -0.39 is 18.0 Å². The molecule has 5 heteroatoms. The molecule has 0 saturated heterocycles. The highest BCUT2D eigenvalue weighted by Crippen LogP contribution is 2.35. The second-order valence-corrected chi connectivity index (χ2v) is 4.58. The molecule has 2 atom stereocenters. The van der Waals surface area contributed by atoms with Crippen LogP contribution < -0.4 is 10.6 Å². The number of aliphatic carboxylic acids is 1. The summed E-state index contributed by atoms with van der Waals surface area (Å²) in [6.45, 7) is 6.15. The Bertz CT molecular complexity index is 300. The predicted octanol–water partition coefficient (Wildman–Crippen LogP) is 1.36. The Hall–Kier alpha value is -1.52. The summed E-state index contributed by atoms with van der Waals surface area (Å²) in [6.07, 6.45) is 4.17. The van der Waals surface area contributed by atoms with Crippen LogP contribution in [0.2, 0.25) is 0 Å². The van der Waals surface area contributed by atoms with Crippen molar-refractivity contribution in [3.05, 3.63) is 12.7 Å². The third kappa shape index (κ3) is 4.89. The monoisotopic (exact) mass is 240 g/mol. The summed E-state index contributed by atoms with van der Waals surface area (Å²) in [6, 6.07) is -1.32. The molecule has 1 fully saturated rings. The maximum absolute atomic E-state index is 11.5. The summed E-state index contributed by atoms with van der Waals surface area (Å²) in [7, 11) is 0. The third-order valence-corrected chi connectivity index (χ3v) is 3.02. The van der Waals surface area contributed by atoms with Gasteiger partial charge < -0.3 is 15.7 Å². The van der Waals surface area contributed by atoms with Crippen molar-refractivity contribution < 1.29 is 14.7 Å². The van der Waals surface area contributed by atoms with Gasteiger partial charge in [0.25, 0.3) is 0 Å². The topological polar surface area (TPSA) is 78.4 Å². The zero-order valence-corrected chi connectivity index (χ0v) is 10.1. The lowest BCUT2D eigenvalue weighted by molar-refractivity contribution is -0.139. The second-order valence-electron chi connectivity index (χ2n) is 4.58. The Labute approximate surface area is 101 Å². The number of carboxylic acids is 1. The molecule has 1 rings (SSSR count). The highest BCUT2D eigenvalue weighted by molar-refractivity contribution is 5.82. The molecule has 0 aromatic carbocycles. The standard InChI is InChI=1S/C12H20N2O3/c1-3-4-10(11(15)16)14-12(17)13-7-8(2)9-5-6-9/h3,8-10H,1,4-7H2,2H3,(H,15,16)(H2,13,14,17). The molecular formula is C12H20N2O3. The van der Waals surface area contributed by atoms with Crippen molar-refractivity contribution >= 4 is 12.0 Å². The number of hydrogen-bond acceptors (Lipinski definition) is 2. The molecule has 1 aliphatic rings.